The fourth-order valence-electron chi connectivity index (χ4n) is 2.51. The summed E-state index contributed by atoms with van der Waals surface area (Å²) in [5, 5.41) is 0.647. The monoisotopic (exact) mass is 308 g/mol. The predicted molar refractivity (Wildman–Crippen MR) is 84.6 cm³/mol. The van der Waals surface area contributed by atoms with Gasteiger partial charge in [0.25, 0.3) is 0 Å². The lowest BCUT2D eigenvalue weighted by Gasteiger charge is -2.40. The van der Waals surface area contributed by atoms with Crippen LogP contribution in [-0.4, -0.2) is 35.8 Å². The summed E-state index contributed by atoms with van der Waals surface area (Å²) in [6, 6.07) is 5.17. The summed E-state index contributed by atoms with van der Waals surface area (Å²) >= 11 is 6.14. The molecule has 1 atom stereocenters. The second kappa shape index (κ2) is 6.06. The molecular weight excluding hydrogens is 288 g/mol. The number of hydrogen-bond acceptors (Lipinski definition) is 2. The smallest absolute Gasteiger partial charge is 0.249 e. The van der Waals surface area contributed by atoms with Gasteiger partial charge in [-0.15, -0.1) is 0 Å². The van der Waals surface area contributed by atoms with Crippen molar-refractivity contribution in [2.24, 2.45) is 5.92 Å². The first kappa shape index (κ1) is 15.8. The van der Waals surface area contributed by atoms with Gasteiger partial charge in [0.15, 0.2) is 0 Å². The van der Waals surface area contributed by atoms with Crippen molar-refractivity contribution in [1.29, 1.82) is 0 Å². The summed E-state index contributed by atoms with van der Waals surface area (Å²) in [5.41, 5.74) is 1.77. The highest BCUT2D eigenvalue weighted by atomic mass is 35.5. The molecule has 2 rings (SSSR count). The van der Waals surface area contributed by atoms with E-state index in [2.05, 4.69) is 0 Å². The zero-order chi connectivity index (χ0) is 15.7. The lowest BCUT2D eigenvalue weighted by molar-refractivity contribution is -0.143. The number of piperazine rings is 1. The van der Waals surface area contributed by atoms with Crippen LogP contribution in [0.25, 0.3) is 0 Å². The van der Waals surface area contributed by atoms with Crippen LogP contribution in [0.15, 0.2) is 18.2 Å². The minimum Gasteiger partial charge on any atom is -0.329 e. The van der Waals surface area contributed by atoms with Gasteiger partial charge in [0, 0.05) is 29.7 Å². The van der Waals surface area contributed by atoms with Gasteiger partial charge in [-0.1, -0.05) is 31.5 Å². The Morgan fingerprint density at radius 3 is 2.57 bits per heavy atom. The van der Waals surface area contributed by atoms with E-state index in [4.69, 9.17) is 11.6 Å². The minimum atomic E-state index is -0.436. The lowest BCUT2D eigenvalue weighted by Crippen LogP contribution is -2.58. The molecular formula is C16H21ClN2O2. The quantitative estimate of drug-likeness (QED) is 0.843. The highest BCUT2D eigenvalue weighted by Gasteiger charge is 2.35. The first-order chi connectivity index (χ1) is 9.82. The average Bonchev–Trinajstić information content (AvgIpc) is 2.44. The van der Waals surface area contributed by atoms with Crippen molar-refractivity contribution >= 4 is 29.1 Å². The molecule has 4 nitrogen and oxygen atoms in total. The number of hydrogen-bond donors (Lipinski definition) is 0. The maximum absolute atomic E-state index is 12.5. The van der Waals surface area contributed by atoms with E-state index in [-0.39, 0.29) is 17.7 Å². The van der Waals surface area contributed by atoms with E-state index in [1.165, 1.54) is 0 Å². The van der Waals surface area contributed by atoms with Gasteiger partial charge in [-0.05, 0) is 31.5 Å². The second-order valence-electron chi connectivity index (χ2n) is 5.79. The molecule has 1 aliphatic rings. The molecule has 0 aliphatic carbocycles. The van der Waals surface area contributed by atoms with E-state index in [1.807, 2.05) is 32.9 Å². The molecule has 0 N–H and O–H groups in total. The van der Waals surface area contributed by atoms with Crippen molar-refractivity contribution in [1.82, 2.24) is 4.90 Å². The van der Waals surface area contributed by atoms with Crippen LogP contribution in [0.2, 0.25) is 5.02 Å². The van der Waals surface area contributed by atoms with Crippen molar-refractivity contribution in [3.63, 3.8) is 0 Å². The highest BCUT2D eigenvalue weighted by Crippen LogP contribution is 2.26. The molecule has 0 unspecified atom stereocenters. The molecule has 0 radical (unpaired) electrons. The van der Waals surface area contributed by atoms with Crippen molar-refractivity contribution in [3.05, 3.63) is 28.8 Å². The van der Waals surface area contributed by atoms with Gasteiger partial charge in [0.2, 0.25) is 11.8 Å². The topological polar surface area (TPSA) is 40.6 Å². The number of benzene rings is 1. The molecule has 21 heavy (non-hydrogen) atoms. The number of carbonyl (C=O) groups is 2. The van der Waals surface area contributed by atoms with E-state index in [9.17, 15) is 9.59 Å². The summed E-state index contributed by atoms with van der Waals surface area (Å²) in [6.07, 6.45) is 0. The Morgan fingerprint density at radius 2 is 2.00 bits per heavy atom. The second-order valence-corrected chi connectivity index (χ2v) is 6.19. The number of carbonyl (C=O) groups excluding carboxylic acids is 2. The summed E-state index contributed by atoms with van der Waals surface area (Å²) < 4.78 is 0. The van der Waals surface area contributed by atoms with E-state index < -0.39 is 6.04 Å². The molecule has 1 saturated heterocycles. The van der Waals surface area contributed by atoms with Crippen LogP contribution in [0.4, 0.5) is 5.69 Å². The molecule has 5 heteroatoms. The van der Waals surface area contributed by atoms with Crippen LogP contribution < -0.4 is 4.90 Å². The number of rotatable bonds is 2. The summed E-state index contributed by atoms with van der Waals surface area (Å²) in [4.78, 5) is 28.1. The maximum atomic E-state index is 12.5. The molecule has 1 aromatic carbocycles. The van der Waals surface area contributed by atoms with E-state index in [0.717, 1.165) is 11.3 Å². The van der Waals surface area contributed by atoms with Crippen LogP contribution in [0.1, 0.15) is 26.3 Å². The summed E-state index contributed by atoms with van der Waals surface area (Å²) in [5.74, 6) is -0.131. The number of aryl methyl sites for hydroxylation is 1. The van der Waals surface area contributed by atoms with Crippen LogP contribution in [0.3, 0.4) is 0 Å². The lowest BCUT2D eigenvalue weighted by atomic mass is 10.1. The van der Waals surface area contributed by atoms with Crippen molar-refractivity contribution in [2.75, 3.05) is 18.0 Å². The summed E-state index contributed by atoms with van der Waals surface area (Å²) in [6.45, 7) is 8.47. The first-order valence-corrected chi connectivity index (χ1v) is 7.58. The Hall–Kier alpha value is -1.55. The Balaban J connectivity index is 2.21. The Labute approximate surface area is 130 Å². The fourth-order valence-corrected chi connectivity index (χ4v) is 2.68. The minimum absolute atomic E-state index is 0.0254. The molecule has 1 aliphatic heterocycles. The molecule has 1 heterocycles. The van der Waals surface area contributed by atoms with Gasteiger partial charge in [-0.25, -0.2) is 0 Å². The number of halogens is 1. The van der Waals surface area contributed by atoms with Crippen LogP contribution in [0, 0.1) is 12.8 Å². The van der Waals surface area contributed by atoms with Gasteiger partial charge < -0.3 is 9.80 Å². The SMILES string of the molecule is Cc1ccc(N2CCN(C(=O)C(C)C)[C@H](C)C2=O)cc1Cl. The third-order valence-electron chi connectivity index (χ3n) is 3.90. The Morgan fingerprint density at radius 1 is 1.33 bits per heavy atom. The van der Waals surface area contributed by atoms with Crippen LogP contribution in [-0.2, 0) is 9.59 Å². The van der Waals surface area contributed by atoms with Crippen molar-refractivity contribution < 1.29 is 9.59 Å². The fraction of sp³-hybridized carbons (Fsp3) is 0.500. The predicted octanol–water partition coefficient (Wildman–Crippen LogP) is 2.87. The molecule has 0 saturated carbocycles. The molecule has 2 amide bonds. The number of nitrogens with zero attached hydrogens (tertiary/aromatic N) is 2. The van der Waals surface area contributed by atoms with Gasteiger partial charge >= 0.3 is 0 Å². The van der Waals surface area contributed by atoms with Crippen LogP contribution >= 0.6 is 11.6 Å². The van der Waals surface area contributed by atoms with Gasteiger partial charge in [0.1, 0.15) is 6.04 Å². The molecule has 1 fully saturated rings. The molecule has 1 aromatic rings. The largest absolute Gasteiger partial charge is 0.329 e. The molecule has 0 spiro atoms. The Kier molecular flexibility index (Phi) is 4.57. The number of anilines is 1. The molecule has 114 valence electrons. The van der Waals surface area contributed by atoms with E-state index in [0.29, 0.717) is 18.1 Å². The van der Waals surface area contributed by atoms with Gasteiger partial charge in [0.05, 0.1) is 0 Å². The normalized spacial score (nSPS) is 19.3. The van der Waals surface area contributed by atoms with Crippen molar-refractivity contribution in [2.45, 2.75) is 33.7 Å². The first-order valence-electron chi connectivity index (χ1n) is 7.21. The molecule has 0 aromatic heterocycles. The van der Waals surface area contributed by atoms with Gasteiger partial charge in [-0.2, -0.15) is 0 Å². The summed E-state index contributed by atoms with van der Waals surface area (Å²) in [7, 11) is 0. The molecule has 0 bridgehead atoms. The average molecular weight is 309 g/mol. The zero-order valence-electron chi connectivity index (χ0n) is 12.9. The standard InChI is InChI=1S/C16H21ClN2O2/c1-10(2)15(20)18-7-8-19(16(21)12(18)4)13-6-5-11(3)14(17)9-13/h5-6,9-10,12H,7-8H2,1-4H3/t12-/m1/s1. The third-order valence-corrected chi connectivity index (χ3v) is 4.31. The number of amides is 2. The van der Waals surface area contributed by atoms with E-state index >= 15 is 0 Å². The third kappa shape index (κ3) is 3.05. The van der Waals surface area contributed by atoms with Gasteiger partial charge in [-0.3, -0.25) is 9.59 Å². The van der Waals surface area contributed by atoms with Crippen molar-refractivity contribution in [3.8, 4) is 0 Å². The van der Waals surface area contributed by atoms with Crippen LogP contribution in [0.5, 0.6) is 0 Å². The Bertz CT molecular complexity index is 571. The zero-order valence-corrected chi connectivity index (χ0v) is 13.6. The maximum Gasteiger partial charge on any atom is 0.249 e. The van der Waals surface area contributed by atoms with E-state index in [1.54, 1.807) is 22.8 Å². The highest BCUT2D eigenvalue weighted by molar-refractivity contribution is 6.31.